The fraction of sp³-hybridized carbons (Fsp3) is 0.350. The molecule has 3 heterocycles. The molecule has 1 saturated heterocycles. The molecule has 4 amide bonds. The first kappa shape index (κ1) is 19.8. The summed E-state index contributed by atoms with van der Waals surface area (Å²) in [5, 5.41) is 9.68. The third-order valence-corrected chi connectivity index (χ3v) is 5.23. The highest BCUT2D eigenvalue weighted by Crippen LogP contribution is 2.28. The van der Waals surface area contributed by atoms with Gasteiger partial charge in [-0.25, -0.2) is 0 Å². The van der Waals surface area contributed by atoms with Crippen molar-refractivity contribution in [3.63, 3.8) is 0 Å². The van der Waals surface area contributed by atoms with Gasteiger partial charge >= 0.3 is 0 Å². The maximum Gasteiger partial charge on any atom is 0.262 e. The Morgan fingerprint density at radius 2 is 1.97 bits per heavy atom. The van der Waals surface area contributed by atoms with Crippen molar-refractivity contribution in [1.29, 1.82) is 0 Å². The number of carbonyl (C=O) groups excluding carboxylic acids is 4. The summed E-state index contributed by atoms with van der Waals surface area (Å²) in [6, 6.07) is 4.07. The van der Waals surface area contributed by atoms with Gasteiger partial charge in [0.2, 0.25) is 11.8 Å². The van der Waals surface area contributed by atoms with E-state index in [4.69, 9.17) is 5.73 Å². The molecule has 4 N–H and O–H groups in total. The van der Waals surface area contributed by atoms with Gasteiger partial charge in [0.15, 0.2) is 0 Å². The molecule has 0 radical (unpaired) electrons. The van der Waals surface area contributed by atoms with Gasteiger partial charge in [0.1, 0.15) is 6.04 Å². The van der Waals surface area contributed by atoms with Crippen LogP contribution in [-0.2, 0) is 22.7 Å². The molecular formula is C20H22N6O4. The van der Waals surface area contributed by atoms with Crippen molar-refractivity contribution < 1.29 is 19.2 Å². The van der Waals surface area contributed by atoms with E-state index in [1.165, 1.54) is 0 Å². The molecule has 156 valence electrons. The predicted molar refractivity (Wildman–Crippen MR) is 106 cm³/mol. The first-order chi connectivity index (χ1) is 14.5. The zero-order valence-corrected chi connectivity index (χ0v) is 16.3. The number of aryl methyl sites for hydroxylation is 1. The number of nitrogens with one attached hydrogen (secondary N) is 2. The number of rotatable bonds is 7. The second kappa shape index (κ2) is 8.07. The topological polar surface area (TPSA) is 139 Å². The fourth-order valence-electron chi connectivity index (χ4n) is 3.66. The van der Waals surface area contributed by atoms with Gasteiger partial charge in [0.05, 0.1) is 23.0 Å². The molecule has 1 aromatic heterocycles. The Hall–Kier alpha value is -3.53. The van der Waals surface area contributed by atoms with Crippen molar-refractivity contribution >= 4 is 29.3 Å². The average molecular weight is 410 g/mol. The van der Waals surface area contributed by atoms with Crippen molar-refractivity contribution in [3.05, 3.63) is 47.3 Å². The summed E-state index contributed by atoms with van der Waals surface area (Å²) in [5.41, 5.74) is 7.69. The Labute approximate surface area is 172 Å². The SMILES string of the molecule is NCCCn1cc(NCc2ccc3c(c2)C(=O)N(C2CCC(=O)NC2=O)C3=O)cn1. The van der Waals surface area contributed by atoms with Gasteiger partial charge in [0.25, 0.3) is 11.8 Å². The number of aromatic nitrogens is 2. The molecule has 0 bridgehead atoms. The monoisotopic (exact) mass is 410 g/mol. The molecule has 0 spiro atoms. The van der Waals surface area contributed by atoms with Crippen LogP contribution in [0.1, 0.15) is 45.5 Å². The van der Waals surface area contributed by atoms with Gasteiger partial charge in [-0.15, -0.1) is 0 Å². The number of hydrogen-bond donors (Lipinski definition) is 3. The van der Waals surface area contributed by atoms with E-state index in [1.54, 1.807) is 29.1 Å². The molecule has 2 aliphatic rings. The van der Waals surface area contributed by atoms with Gasteiger partial charge in [-0.05, 0) is 37.1 Å². The van der Waals surface area contributed by atoms with Crippen molar-refractivity contribution in [2.45, 2.75) is 38.4 Å². The highest BCUT2D eigenvalue weighted by atomic mass is 16.2. The lowest BCUT2D eigenvalue weighted by Gasteiger charge is -2.27. The molecule has 0 aliphatic carbocycles. The van der Waals surface area contributed by atoms with Crippen LogP contribution < -0.4 is 16.4 Å². The number of benzene rings is 1. The normalized spacial score (nSPS) is 18.6. The Morgan fingerprint density at radius 1 is 1.17 bits per heavy atom. The highest BCUT2D eigenvalue weighted by Gasteiger charge is 2.44. The van der Waals surface area contributed by atoms with Gasteiger partial charge in [0, 0.05) is 25.7 Å². The second-order valence-electron chi connectivity index (χ2n) is 7.32. The summed E-state index contributed by atoms with van der Waals surface area (Å²) in [6.07, 6.45) is 4.66. The minimum atomic E-state index is -0.962. The molecule has 30 heavy (non-hydrogen) atoms. The average Bonchev–Trinajstić information content (AvgIpc) is 3.28. The van der Waals surface area contributed by atoms with E-state index >= 15 is 0 Å². The smallest absolute Gasteiger partial charge is 0.262 e. The summed E-state index contributed by atoms with van der Waals surface area (Å²) < 4.78 is 1.80. The first-order valence-corrected chi connectivity index (χ1v) is 9.79. The van der Waals surface area contributed by atoms with Crippen LogP contribution in [0.5, 0.6) is 0 Å². The highest BCUT2D eigenvalue weighted by molar-refractivity contribution is 6.23. The van der Waals surface area contributed by atoms with Crippen LogP contribution in [0.25, 0.3) is 0 Å². The lowest BCUT2D eigenvalue weighted by molar-refractivity contribution is -0.136. The second-order valence-corrected chi connectivity index (χ2v) is 7.32. The van der Waals surface area contributed by atoms with E-state index in [2.05, 4.69) is 15.7 Å². The zero-order chi connectivity index (χ0) is 21.3. The minimum Gasteiger partial charge on any atom is -0.378 e. The molecule has 1 fully saturated rings. The molecule has 2 aliphatic heterocycles. The summed E-state index contributed by atoms with van der Waals surface area (Å²) >= 11 is 0. The predicted octanol–water partition coefficient (Wildman–Crippen LogP) is 0.245. The lowest BCUT2D eigenvalue weighted by Crippen LogP contribution is -2.54. The number of piperidine rings is 1. The lowest BCUT2D eigenvalue weighted by atomic mass is 10.0. The quantitative estimate of drug-likeness (QED) is 0.556. The summed E-state index contributed by atoms with van der Waals surface area (Å²) in [4.78, 5) is 50.0. The molecule has 2 aromatic rings. The molecular weight excluding hydrogens is 388 g/mol. The largest absolute Gasteiger partial charge is 0.378 e. The number of carbonyl (C=O) groups is 4. The summed E-state index contributed by atoms with van der Waals surface area (Å²) in [6.45, 7) is 1.78. The molecule has 4 rings (SSSR count). The van der Waals surface area contributed by atoms with E-state index in [1.807, 2.05) is 6.20 Å². The first-order valence-electron chi connectivity index (χ1n) is 9.79. The third kappa shape index (κ3) is 3.69. The van der Waals surface area contributed by atoms with Gasteiger partial charge < -0.3 is 11.1 Å². The van der Waals surface area contributed by atoms with E-state index in [-0.39, 0.29) is 24.0 Å². The molecule has 10 nitrogen and oxygen atoms in total. The van der Waals surface area contributed by atoms with Crippen molar-refractivity contribution in [2.24, 2.45) is 5.73 Å². The van der Waals surface area contributed by atoms with Crippen molar-refractivity contribution in [3.8, 4) is 0 Å². The molecule has 0 saturated carbocycles. The number of nitrogens with two attached hydrogens (primary N) is 1. The van der Waals surface area contributed by atoms with Crippen LogP contribution in [0.2, 0.25) is 0 Å². The Bertz CT molecular complexity index is 1030. The Balaban J connectivity index is 1.46. The van der Waals surface area contributed by atoms with Crippen LogP contribution in [-0.4, -0.2) is 50.9 Å². The van der Waals surface area contributed by atoms with E-state index in [9.17, 15) is 19.2 Å². The number of amides is 4. The third-order valence-electron chi connectivity index (χ3n) is 5.23. The van der Waals surface area contributed by atoms with E-state index < -0.39 is 29.7 Å². The van der Waals surface area contributed by atoms with E-state index in [0.29, 0.717) is 13.1 Å². The van der Waals surface area contributed by atoms with Gasteiger partial charge in [-0.3, -0.25) is 34.1 Å². The standard InChI is InChI=1S/C20H22N6O4/c21-6-1-7-25-11-13(10-23-25)22-9-12-2-3-14-15(8-12)20(30)26(19(14)29)16-4-5-17(27)24-18(16)28/h2-3,8,10-11,16,22H,1,4-7,9,21H2,(H,24,27,28). The van der Waals surface area contributed by atoms with Crippen LogP contribution >= 0.6 is 0 Å². The van der Waals surface area contributed by atoms with Crippen LogP contribution in [0.4, 0.5) is 5.69 Å². The fourth-order valence-corrected chi connectivity index (χ4v) is 3.66. The number of anilines is 1. The van der Waals surface area contributed by atoms with E-state index in [0.717, 1.165) is 29.1 Å². The van der Waals surface area contributed by atoms with Gasteiger partial charge in [-0.1, -0.05) is 6.07 Å². The maximum atomic E-state index is 12.9. The molecule has 1 aromatic carbocycles. The Kier molecular flexibility index (Phi) is 5.32. The molecule has 10 heteroatoms. The molecule has 1 unspecified atom stereocenters. The summed E-state index contributed by atoms with van der Waals surface area (Å²) in [5.74, 6) is -2.03. The van der Waals surface area contributed by atoms with Crippen LogP contribution in [0.15, 0.2) is 30.6 Å². The Morgan fingerprint density at radius 3 is 2.73 bits per heavy atom. The number of imide groups is 2. The summed E-state index contributed by atoms with van der Waals surface area (Å²) in [7, 11) is 0. The van der Waals surface area contributed by atoms with Crippen molar-refractivity contribution in [2.75, 3.05) is 11.9 Å². The minimum absolute atomic E-state index is 0.0952. The number of hydrogen-bond acceptors (Lipinski definition) is 7. The number of fused-ring (bicyclic) bond motifs is 1. The zero-order valence-electron chi connectivity index (χ0n) is 16.3. The maximum absolute atomic E-state index is 12.9. The number of nitrogens with zero attached hydrogens (tertiary/aromatic N) is 3. The van der Waals surface area contributed by atoms with Gasteiger partial charge in [-0.2, -0.15) is 5.10 Å². The van der Waals surface area contributed by atoms with Crippen molar-refractivity contribution in [1.82, 2.24) is 20.0 Å². The van der Waals surface area contributed by atoms with Crippen LogP contribution in [0, 0.1) is 0 Å². The molecule has 1 atom stereocenters. The van der Waals surface area contributed by atoms with Crippen LogP contribution in [0.3, 0.4) is 0 Å².